The zero-order chi connectivity index (χ0) is 24.2. The highest BCUT2D eigenvalue weighted by molar-refractivity contribution is 6.46. The molecule has 8 heteroatoms. The van der Waals surface area contributed by atoms with Crippen LogP contribution in [0.1, 0.15) is 29.2 Å². The first-order valence-corrected chi connectivity index (χ1v) is 11.0. The minimum absolute atomic E-state index is 0.0306. The number of aromatic nitrogens is 2. The van der Waals surface area contributed by atoms with Gasteiger partial charge in [0.15, 0.2) is 0 Å². The second-order valence-corrected chi connectivity index (χ2v) is 8.12. The Morgan fingerprint density at radius 2 is 1.82 bits per heavy atom. The third-order valence-electron chi connectivity index (χ3n) is 5.97. The Balaban J connectivity index is 1.81. The SMILES string of the molecule is COc1ccc(OC)c([C@@H]2C(=C(O)c3ccc(C)cc3)C(=O)C(=O)N2CCCn2ccnc2)c1. The van der Waals surface area contributed by atoms with Gasteiger partial charge >= 0.3 is 0 Å². The smallest absolute Gasteiger partial charge is 0.295 e. The van der Waals surface area contributed by atoms with Crippen molar-refractivity contribution in [1.82, 2.24) is 14.5 Å². The van der Waals surface area contributed by atoms with Crippen molar-refractivity contribution in [2.45, 2.75) is 25.9 Å². The van der Waals surface area contributed by atoms with E-state index in [4.69, 9.17) is 9.47 Å². The molecule has 4 rings (SSSR count). The maximum absolute atomic E-state index is 13.2. The number of Topliss-reactive ketones (excluding diaryl/α,β-unsaturated/α-hetero) is 1. The van der Waals surface area contributed by atoms with Gasteiger partial charge in [-0.3, -0.25) is 9.59 Å². The summed E-state index contributed by atoms with van der Waals surface area (Å²) in [5.74, 6) is -0.563. The predicted octanol–water partition coefficient (Wildman–Crippen LogP) is 3.72. The Bertz CT molecular complexity index is 1220. The number of hydrogen-bond acceptors (Lipinski definition) is 6. The average Bonchev–Trinajstić information content (AvgIpc) is 3.46. The molecule has 1 atom stereocenters. The number of aliphatic hydroxyl groups is 1. The second kappa shape index (κ2) is 9.82. The summed E-state index contributed by atoms with van der Waals surface area (Å²) in [7, 11) is 3.07. The molecular weight excluding hydrogens is 434 g/mol. The van der Waals surface area contributed by atoms with Gasteiger partial charge in [-0.05, 0) is 31.5 Å². The minimum atomic E-state index is -0.825. The number of ketones is 1. The van der Waals surface area contributed by atoms with Gasteiger partial charge in [0.25, 0.3) is 11.7 Å². The molecule has 2 aromatic carbocycles. The lowest BCUT2D eigenvalue weighted by Gasteiger charge is -2.27. The van der Waals surface area contributed by atoms with Gasteiger partial charge in [0.2, 0.25) is 0 Å². The fourth-order valence-corrected chi connectivity index (χ4v) is 4.20. The van der Waals surface area contributed by atoms with Gasteiger partial charge in [0.05, 0.1) is 32.2 Å². The number of rotatable bonds is 8. The number of carbonyl (C=O) groups excluding carboxylic acids is 2. The van der Waals surface area contributed by atoms with Gasteiger partial charge < -0.3 is 24.0 Å². The molecule has 0 spiro atoms. The summed E-state index contributed by atoms with van der Waals surface area (Å²) in [6.07, 6.45) is 5.83. The number of likely N-dealkylation sites (tertiary alicyclic amines) is 1. The van der Waals surface area contributed by atoms with Gasteiger partial charge in [-0.15, -0.1) is 0 Å². The van der Waals surface area contributed by atoms with E-state index in [2.05, 4.69) is 4.98 Å². The summed E-state index contributed by atoms with van der Waals surface area (Å²) in [4.78, 5) is 31.9. The highest BCUT2D eigenvalue weighted by atomic mass is 16.5. The monoisotopic (exact) mass is 461 g/mol. The fraction of sp³-hybridized carbons (Fsp3) is 0.269. The molecule has 1 N–H and O–H groups in total. The van der Waals surface area contributed by atoms with Crippen LogP contribution in [0.4, 0.5) is 0 Å². The maximum atomic E-state index is 13.2. The Kier molecular flexibility index (Phi) is 6.67. The van der Waals surface area contributed by atoms with Crippen LogP contribution in [0.3, 0.4) is 0 Å². The maximum Gasteiger partial charge on any atom is 0.295 e. The van der Waals surface area contributed by atoms with Gasteiger partial charge in [0.1, 0.15) is 17.3 Å². The molecule has 0 saturated carbocycles. The molecule has 1 amide bonds. The van der Waals surface area contributed by atoms with E-state index in [9.17, 15) is 14.7 Å². The zero-order valence-corrected chi connectivity index (χ0v) is 19.4. The van der Waals surface area contributed by atoms with Crippen molar-refractivity contribution in [3.8, 4) is 11.5 Å². The van der Waals surface area contributed by atoms with Crippen molar-refractivity contribution in [3.63, 3.8) is 0 Å². The van der Waals surface area contributed by atoms with E-state index < -0.39 is 17.7 Å². The molecule has 2 heterocycles. The number of aryl methyl sites for hydroxylation is 2. The number of hydrogen-bond donors (Lipinski definition) is 1. The number of aliphatic hydroxyl groups excluding tert-OH is 1. The topological polar surface area (TPSA) is 93.9 Å². The molecule has 1 aromatic heterocycles. The summed E-state index contributed by atoms with van der Waals surface area (Å²) < 4.78 is 12.9. The van der Waals surface area contributed by atoms with Crippen molar-refractivity contribution < 1.29 is 24.2 Å². The van der Waals surface area contributed by atoms with Crippen LogP contribution in [0.25, 0.3) is 5.76 Å². The molecule has 34 heavy (non-hydrogen) atoms. The van der Waals surface area contributed by atoms with E-state index in [1.54, 1.807) is 50.0 Å². The van der Waals surface area contributed by atoms with E-state index in [1.807, 2.05) is 29.8 Å². The molecule has 0 radical (unpaired) electrons. The lowest BCUT2D eigenvalue weighted by molar-refractivity contribution is -0.140. The second-order valence-electron chi connectivity index (χ2n) is 8.12. The highest BCUT2D eigenvalue weighted by Crippen LogP contribution is 2.43. The van der Waals surface area contributed by atoms with Crippen LogP contribution in [0.15, 0.2) is 66.8 Å². The molecule has 1 saturated heterocycles. The summed E-state index contributed by atoms with van der Waals surface area (Å²) in [6.45, 7) is 2.87. The van der Waals surface area contributed by atoms with Crippen molar-refractivity contribution in [1.29, 1.82) is 0 Å². The van der Waals surface area contributed by atoms with Crippen molar-refractivity contribution in [2.75, 3.05) is 20.8 Å². The molecule has 0 aliphatic carbocycles. The van der Waals surface area contributed by atoms with Gasteiger partial charge in [-0.2, -0.15) is 0 Å². The Morgan fingerprint density at radius 1 is 1.06 bits per heavy atom. The summed E-state index contributed by atoms with van der Waals surface area (Å²) >= 11 is 0. The number of carbonyl (C=O) groups is 2. The molecule has 0 unspecified atom stereocenters. The molecule has 0 bridgehead atoms. The highest BCUT2D eigenvalue weighted by Gasteiger charge is 2.47. The van der Waals surface area contributed by atoms with Crippen molar-refractivity contribution >= 4 is 17.4 Å². The third kappa shape index (κ3) is 4.39. The first-order chi connectivity index (χ1) is 16.4. The van der Waals surface area contributed by atoms with Gasteiger partial charge in [-0.25, -0.2) is 4.98 Å². The summed E-state index contributed by atoms with van der Waals surface area (Å²) in [5, 5.41) is 11.2. The molecule has 1 aliphatic heterocycles. The largest absolute Gasteiger partial charge is 0.507 e. The average molecular weight is 462 g/mol. The predicted molar refractivity (Wildman–Crippen MR) is 127 cm³/mol. The first kappa shape index (κ1) is 23.1. The van der Waals surface area contributed by atoms with E-state index in [-0.39, 0.29) is 11.3 Å². The standard InChI is InChI=1S/C26H27N3O5/c1-17-5-7-18(8-6-17)24(30)22-23(20-15-19(33-2)9-10-21(20)34-3)29(26(32)25(22)31)13-4-12-28-14-11-27-16-28/h5-11,14-16,23,30H,4,12-13H2,1-3H3/t23-/m1/s1. The lowest BCUT2D eigenvalue weighted by atomic mass is 9.94. The number of amides is 1. The molecule has 3 aromatic rings. The minimum Gasteiger partial charge on any atom is -0.507 e. The molecule has 176 valence electrons. The Labute approximate surface area is 198 Å². The van der Waals surface area contributed by atoms with Gasteiger partial charge in [-0.1, -0.05) is 29.8 Å². The van der Waals surface area contributed by atoms with Crippen molar-refractivity contribution in [3.05, 3.63) is 83.4 Å². The molecular formula is C26H27N3O5. The first-order valence-electron chi connectivity index (χ1n) is 11.0. The fourth-order valence-electron chi connectivity index (χ4n) is 4.20. The number of benzene rings is 2. The Hall–Kier alpha value is -4.07. The van der Waals surface area contributed by atoms with Crippen LogP contribution < -0.4 is 9.47 Å². The number of methoxy groups -OCH3 is 2. The Morgan fingerprint density at radius 3 is 2.47 bits per heavy atom. The molecule has 8 nitrogen and oxygen atoms in total. The molecule has 1 aliphatic rings. The normalized spacial score (nSPS) is 17.3. The van der Waals surface area contributed by atoms with Crippen LogP contribution in [-0.2, 0) is 16.1 Å². The van der Waals surface area contributed by atoms with E-state index >= 15 is 0 Å². The van der Waals surface area contributed by atoms with E-state index in [1.165, 1.54) is 12.0 Å². The number of ether oxygens (including phenoxy) is 2. The quantitative estimate of drug-likeness (QED) is 0.312. The number of imidazole rings is 1. The van der Waals surface area contributed by atoms with E-state index in [0.29, 0.717) is 42.1 Å². The van der Waals surface area contributed by atoms with Crippen LogP contribution >= 0.6 is 0 Å². The van der Waals surface area contributed by atoms with Gasteiger partial charge in [0, 0.05) is 36.6 Å². The summed E-state index contributed by atoms with van der Waals surface area (Å²) in [6, 6.07) is 11.5. The van der Waals surface area contributed by atoms with Crippen LogP contribution in [0.5, 0.6) is 11.5 Å². The summed E-state index contributed by atoms with van der Waals surface area (Å²) in [5.41, 5.74) is 2.08. The van der Waals surface area contributed by atoms with Crippen LogP contribution in [0.2, 0.25) is 0 Å². The lowest BCUT2D eigenvalue weighted by Crippen LogP contribution is -2.31. The zero-order valence-electron chi connectivity index (χ0n) is 19.4. The molecule has 1 fully saturated rings. The van der Waals surface area contributed by atoms with Crippen molar-refractivity contribution in [2.24, 2.45) is 0 Å². The van der Waals surface area contributed by atoms with E-state index in [0.717, 1.165) is 5.56 Å². The van der Waals surface area contributed by atoms with Crippen LogP contribution in [-0.4, -0.2) is 52.0 Å². The number of nitrogens with zero attached hydrogens (tertiary/aromatic N) is 3. The third-order valence-corrected chi connectivity index (χ3v) is 5.97. The van der Waals surface area contributed by atoms with Crippen LogP contribution in [0, 0.1) is 6.92 Å².